The average molecular weight is 430 g/mol. The number of nitrogens with zero attached hydrogens (tertiary/aromatic N) is 1. The standard InChI is InChI=1S/C24H18N2O6/c27-22(25-15-9-10-20-21(11-15)32-14-31-20)13-30-23(28)12-26-18-7-3-1-5-16(18)24(29)17-6-2-4-8-19(17)26/h1-11H,12-14H2,(H,25,27). The van der Waals surface area contributed by atoms with Crippen molar-refractivity contribution in [3.63, 3.8) is 0 Å². The Kier molecular flexibility index (Phi) is 4.95. The third kappa shape index (κ3) is 3.62. The highest BCUT2D eigenvalue weighted by molar-refractivity contribution is 5.95. The van der Waals surface area contributed by atoms with Crippen LogP contribution in [0, 0.1) is 0 Å². The maximum absolute atomic E-state index is 12.8. The van der Waals surface area contributed by atoms with E-state index in [2.05, 4.69) is 5.32 Å². The average Bonchev–Trinajstić information content (AvgIpc) is 3.28. The quantitative estimate of drug-likeness (QED) is 0.386. The minimum atomic E-state index is -0.593. The third-order valence-electron chi connectivity index (χ3n) is 5.19. The van der Waals surface area contributed by atoms with Gasteiger partial charge in [0.15, 0.2) is 23.5 Å². The van der Waals surface area contributed by atoms with Crippen molar-refractivity contribution >= 4 is 39.4 Å². The van der Waals surface area contributed by atoms with E-state index in [1.54, 1.807) is 71.3 Å². The molecule has 2 heterocycles. The van der Waals surface area contributed by atoms with Crippen molar-refractivity contribution in [1.82, 2.24) is 4.57 Å². The van der Waals surface area contributed by atoms with Crippen molar-refractivity contribution in [2.45, 2.75) is 6.54 Å². The lowest BCUT2D eigenvalue weighted by molar-refractivity contribution is -0.147. The fraction of sp³-hybridized carbons (Fsp3) is 0.125. The molecule has 0 atom stereocenters. The Balaban J connectivity index is 1.31. The summed E-state index contributed by atoms with van der Waals surface area (Å²) >= 11 is 0. The molecule has 0 unspecified atom stereocenters. The van der Waals surface area contributed by atoms with Gasteiger partial charge < -0.3 is 24.1 Å². The molecule has 0 radical (unpaired) electrons. The number of carbonyl (C=O) groups is 2. The molecule has 0 spiro atoms. The molecule has 0 fully saturated rings. The summed E-state index contributed by atoms with van der Waals surface area (Å²) in [5, 5.41) is 3.68. The zero-order chi connectivity index (χ0) is 22.1. The number of anilines is 1. The number of pyridine rings is 1. The number of fused-ring (bicyclic) bond motifs is 3. The number of rotatable bonds is 5. The van der Waals surface area contributed by atoms with Gasteiger partial charge in [0.05, 0.1) is 11.0 Å². The SMILES string of the molecule is O=C(COC(=O)Cn1c2ccccc2c(=O)c2ccccc21)Nc1ccc2c(c1)OCO2. The van der Waals surface area contributed by atoms with E-state index in [1.807, 2.05) is 0 Å². The van der Waals surface area contributed by atoms with Crippen LogP contribution in [0.15, 0.2) is 71.5 Å². The van der Waals surface area contributed by atoms with Gasteiger partial charge in [0.25, 0.3) is 5.91 Å². The van der Waals surface area contributed by atoms with Crippen LogP contribution in [0.5, 0.6) is 11.5 Å². The van der Waals surface area contributed by atoms with Crippen LogP contribution in [-0.2, 0) is 20.9 Å². The number of hydrogen-bond donors (Lipinski definition) is 1. The lowest BCUT2D eigenvalue weighted by Gasteiger charge is -2.14. The largest absolute Gasteiger partial charge is 0.454 e. The van der Waals surface area contributed by atoms with Gasteiger partial charge in [0.1, 0.15) is 6.54 Å². The monoisotopic (exact) mass is 430 g/mol. The second-order valence-electron chi connectivity index (χ2n) is 7.23. The van der Waals surface area contributed by atoms with E-state index in [4.69, 9.17) is 14.2 Å². The molecule has 1 aliphatic heterocycles. The molecule has 0 bridgehead atoms. The first-order valence-corrected chi connectivity index (χ1v) is 9.95. The molecule has 0 saturated heterocycles. The van der Waals surface area contributed by atoms with Crippen molar-refractivity contribution in [1.29, 1.82) is 0 Å². The van der Waals surface area contributed by atoms with E-state index in [9.17, 15) is 14.4 Å². The highest BCUT2D eigenvalue weighted by Crippen LogP contribution is 2.34. The van der Waals surface area contributed by atoms with E-state index in [-0.39, 0.29) is 18.8 Å². The number of amides is 1. The first-order chi connectivity index (χ1) is 15.6. The molecule has 1 amide bonds. The Morgan fingerprint density at radius 2 is 1.56 bits per heavy atom. The fourth-order valence-corrected chi connectivity index (χ4v) is 3.74. The second kappa shape index (κ2) is 8.07. The first kappa shape index (κ1) is 19.6. The summed E-state index contributed by atoms with van der Waals surface area (Å²) in [5.41, 5.74) is 1.66. The highest BCUT2D eigenvalue weighted by atomic mass is 16.7. The summed E-state index contributed by atoms with van der Waals surface area (Å²) in [7, 11) is 0. The van der Waals surface area contributed by atoms with E-state index in [1.165, 1.54) is 0 Å². The molecule has 5 rings (SSSR count). The van der Waals surface area contributed by atoms with Crippen LogP contribution in [0.1, 0.15) is 0 Å². The topological polar surface area (TPSA) is 95.9 Å². The Hall–Kier alpha value is -4.33. The van der Waals surface area contributed by atoms with Gasteiger partial charge in [-0.3, -0.25) is 14.4 Å². The van der Waals surface area contributed by atoms with Crippen LogP contribution in [0.25, 0.3) is 21.8 Å². The molecule has 1 aliphatic rings. The molecule has 160 valence electrons. The number of ether oxygens (including phenoxy) is 3. The number of hydrogen-bond acceptors (Lipinski definition) is 6. The zero-order valence-corrected chi connectivity index (χ0v) is 16.9. The zero-order valence-electron chi connectivity index (χ0n) is 16.9. The van der Waals surface area contributed by atoms with Gasteiger partial charge in [-0.1, -0.05) is 24.3 Å². The molecule has 1 aromatic heterocycles. The number of para-hydroxylation sites is 2. The molecule has 3 aromatic carbocycles. The molecule has 4 aromatic rings. The lowest BCUT2D eigenvalue weighted by atomic mass is 10.1. The minimum absolute atomic E-state index is 0.0936. The summed E-state index contributed by atoms with van der Waals surface area (Å²) < 4.78 is 17.4. The van der Waals surface area contributed by atoms with Gasteiger partial charge in [-0.2, -0.15) is 0 Å². The van der Waals surface area contributed by atoms with E-state index in [0.29, 0.717) is 39.0 Å². The molecule has 0 saturated carbocycles. The fourth-order valence-electron chi connectivity index (χ4n) is 3.74. The number of carbonyl (C=O) groups excluding carboxylic acids is 2. The van der Waals surface area contributed by atoms with Gasteiger partial charge in [0.2, 0.25) is 6.79 Å². The van der Waals surface area contributed by atoms with Crippen LogP contribution < -0.4 is 20.2 Å². The maximum Gasteiger partial charge on any atom is 0.326 e. The lowest BCUT2D eigenvalue weighted by Crippen LogP contribution is -2.24. The van der Waals surface area contributed by atoms with Gasteiger partial charge in [0, 0.05) is 22.5 Å². The van der Waals surface area contributed by atoms with Crippen molar-refractivity contribution in [3.8, 4) is 11.5 Å². The van der Waals surface area contributed by atoms with Gasteiger partial charge in [-0.15, -0.1) is 0 Å². The maximum atomic E-state index is 12.8. The molecular formula is C24H18N2O6. The number of esters is 1. The predicted molar refractivity (Wildman–Crippen MR) is 118 cm³/mol. The molecular weight excluding hydrogens is 412 g/mol. The molecule has 32 heavy (non-hydrogen) atoms. The molecule has 0 aliphatic carbocycles. The smallest absolute Gasteiger partial charge is 0.326 e. The minimum Gasteiger partial charge on any atom is -0.454 e. The summed E-state index contributed by atoms with van der Waals surface area (Å²) in [6.45, 7) is -0.444. The highest BCUT2D eigenvalue weighted by Gasteiger charge is 2.16. The Morgan fingerprint density at radius 3 is 2.28 bits per heavy atom. The van der Waals surface area contributed by atoms with Crippen LogP contribution in [0.3, 0.4) is 0 Å². The Morgan fingerprint density at radius 1 is 0.906 bits per heavy atom. The molecule has 8 heteroatoms. The van der Waals surface area contributed by atoms with E-state index >= 15 is 0 Å². The van der Waals surface area contributed by atoms with Crippen molar-refractivity contribution < 1.29 is 23.8 Å². The Labute approximate surface area is 181 Å². The number of nitrogens with one attached hydrogen (secondary N) is 1. The number of benzene rings is 3. The first-order valence-electron chi connectivity index (χ1n) is 9.95. The predicted octanol–water partition coefficient (Wildman–Crippen LogP) is 3.07. The summed E-state index contributed by atoms with van der Waals surface area (Å²) in [5.74, 6) is 0.0726. The van der Waals surface area contributed by atoms with Gasteiger partial charge in [-0.25, -0.2) is 0 Å². The number of aromatic nitrogens is 1. The second-order valence-corrected chi connectivity index (χ2v) is 7.23. The molecule has 1 N–H and O–H groups in total. The third-order valence-corrected chi connectivity index (χ3v) is 5.19. The van der Waals surface area contributed by atoms with Crippen LogP contribution >= 0.6 is 0 Å². The van der Waals surface area contributed by atoms with Gasteiger partial charge in [-0.05, 0) is 36.4 Å². The summed E-state index contributed by atoms with van der Waals surface area (Å²) in [4.78, 5) is 37.6. The van der Waals surface area contributed by atoms with Crippen LogP contribution in [0.2, 0.25) is 0 Å². The summed E-state index contributed by atoms with van der Waals surface area (Å²) in [6, 6.07) is 19.2. The van der Waals surface area contributed by atoms with Gasteiger partial charge >= 0.3 is 5.97 Å². The Bertz CT molecular complexity index is 1370. The van der Waals surface area contributed by atoms with Crippen molar-refractivity contribution in [2.75, 3.05) is 18.7 Å². The van der Waals surface area contributed by atoms with Crippen LogP contribution in [-0.4, -0.2) is 29.8 Å². The van der Waals surface area contributed by atoms with Crippen molar-refractivity contribution in [3.05, 3.63) is 77.0 Å². The summed E-state index contributed by atoms with van der Waals surface area (Å²) in [6.07, 6.45) is 0. The van der Waals surface area contributed by atoms with E-state index < -0.39 is 18.5 Å². The molecule has 8 nitrogen and oxygen atoms in total. The van der Waals surface area contributed by atoms with Crippen molar-refractivity contribution in [2.24, 2.45) is 0 Å². The normalized spacial score (nSPS) is 12.1. The van der Waals surface area contributed by atoms with Crippen LogP contribution in [0.4, 0.5) is 5.69 Å². The van der Waals surface area contributed by atoms with E-state index in [0.717, 1.165) is 0 Å².